The summed E-state index contributed by atoms with van der Waals surface area (Å²) >= 11 is 0. The monoisotopic (exact) mass is 373 g/mol. The quantitative estimate of drug-likeness (QED) is 0.396. The zero-order chi connectivity index (χ0) is 19.9. The molecule has 3 aromatic rings. The standard InChI is InChI=1S/C22H19N3O3/c1-16(18-9-11-20(12-10-18)19-5-3-2-4-6-19)23-24-22(26)15-17-7-13-21(14-8-17)25(27)28/h2-14H,15H2,1H3,(H,24,26). The van der Waals surface area contributed by atoms with Crippen molar-refractivity contribution < 1.29 is 9.72 Å². The van der Waals surface area contributed by atoms with Crippen molar-refractivity contribution >= 4 is 17.3 Å². The minimum Gasteiger partial charge on any atom is -0.273 e. The number of carbonyl (C=O) groups excluding carboxylic acids is 1. The molecule has 1 amide bonds. The molecule has 0 aliphatic carbocycles. The fraction of sp³-hybridized carbons (Fsp3) is 0.0909. The topological polar surface area (TPSA) is 84.6 Å². The van der Waals surface area contributed by atoms with Crippen LogP contribution in [0.15, 0.2) is 84.0 Å². The van der Waals surface area contributed by atoms with E-state index in [1.807, 2.05) is 61.5 Å². The molecule has 0 bridgehead atoms. The smallest absolute Gasteiger partial charge is 0.269 e. The van der Waals surface area contributed by atoms with Gasteiger partial charge >= 0.3 is 0 Å². The molecule has 140 valence electrons. The highest BCUT2D eigenvalue weighted by Crippen LogP contribution is 2.19. The predicted octanol–water partition coefficient (Wildman–Crippen LogP) is 4.34. The Labute approximate surface area is 162 Å². The molecule has 3 aromatic carbocycles. The van der Waals surface area contributed by atoms with Crippen LogP contribution in [0.2, 0.25) is 0 Å². The molecule has 0 spiro atoms. The number of nitrogens with one attached hydrogen (secondary N) is 1. The summed E-state index contributed by atoms with van der Waals surface area (Å²) in [5.41, 5.74) is 7.06. The number of carbonyl (C=O) groups is 1. The normalized spacial score (nSPS) is 11.1. The maximum Gasteiger partial charge on any atom is 0.269 e. The first-order valence-corrected chi connectivity index (χ1v) is 8.75. The average molecular weight is 373 g/mol. The molecule has 0 aliphatic rings. The van der Waals surface area contributed by atoms with Crippen molar-refractivity contribution in [2.45, 2.75) is 13.3 Å². The van der Waals surface area contributed by atoms with Gasteiger partial charge in [0.25, 0.3) is 5.69 Å². The van der Waals surface area contributed by atoms with Gasteiger partial charge in [0, 0.05) is 12.1 Å². The summed E-state index contributed by atoms with van der Waals surface area (Å²) in [6.45, 7) is 1.82. The van der Waals surface area contributed by atoms with Crippen molar-refractivity contribution in [2.24, 2.45) is 5.10 Å². The van der Waals surface area contributed by atoms with Crippen molar-refractivity contribution in [1.29, 1.82) is 0 Å². The second kappa shape index (κ2) is 8.73. The zero-order valence-corrected chi connectivity index (χ0v) is 15.3. The van der Waals surface area contributed by atoms with Gasteiger partial charge in [-0.2, -0.15) is 5.10 Å². The molecule has 0 fully saturated rings. The van der Waals surface area contributed by atoms with Crippen molar-refractivity contribution in [2.75, 3.05) is 0 Å². The van der Waals surface area contributed by atoms with Gasteiger partial charge in [-0.3, -0.25) is 14.9 Å². The fourth-order valence-corrected chi connectivity index (χ4v) is 2.71. The molecule has 6 heteroatoms. The van der Waals surface area contributed by atoms with Gasteiger partial charge in [-0.15, -0.1) is 0 Å². The van der Waals surface area contributed by atoms with Gasteiger partial charge in [-0.05, 0) is 29.2 Å². The number of rotatable bonds is 6. The van der Waals surface area contributed by atoms with E-state index in [1.54, 1.807) is 12.1 Å². The van der Waals surface area contributed by atoms with Gasteiger partial charge in [0.2, 0.25) is 5.91 Å². The van der Waals surface area contributed by atoms with Crippen LogP contribution in [-0.4, -0.2) is 16.5 Å². The molecule has 0 atom stereocenters. The summed E-state index contributed by atoms with van der Waals surface area (Å²) in [5, 5.41) is 14.8. The lowest BCUT2D eigenvalue weighted by molar-refractivity contribution is -0.384. The highest BCUT2D eigenvalue weighted by atomic mass is 16.6. The first-order valence-electron chi connectivity index (χ1n) is 8.75. The Balaban J connectivity index is 1.60. The molecule has 0 aliphatic heterocycles. The maximum atomic E-state index is 12.1. The summed E-state index contributed by atoms with van der Waals surface area (Å²) in [6, 6.07) is 23.9. The summed E-state index contributed by atoms with van der Waals surface area (Å²) in [5.74, 6) is -0.283. The number of hydrogen-bond acceptors (Lipinski definition) is 4. The van der Waals surface area contributed by atoms with E-state index in [4.69, 9.17) is 0 Å². The van der Waals surface area contributed by atoms with Crippen molar-refractivity contribution in [3.05, 3.63) is 100 Å². The largest absolute Gasteiger partial charge is 0.273 e. The summed E-state index contributed by atoms with van der Waals surface area (Å²) in [7, 11) is 0. The summed E-state index contributed by atoms with van der Waals surface area (Å²) in [6.07, 6.45) is 0.0989. The second-order valence-corrected chi connectivity index (χ2v) is 6.28. The van der Waals surface area contributed by atoms with Crippen molar-refractivity contribution in [3.8, 4) is 11.1 Å². The van der Waals surface area contributed by atoms with E-state index in [0.717, 1.165) is 16.7 Å². The number of nitrogens with zero attached hydrogens (tertiary/aromatic N) is 2. The van der Waals surface area contributed by atoms with Gasteiger partial charge in [-0.25, -0.2) is 5.43 Å². The van der Waals surface area contributed by atoms with Gasteiger partial charge < -0.3 is 0 Å². The molecule has 1 N–H and O–H groups in total. The van der Waals surface area contributed by atoms with Crippen LogP contribution in [0, 0.1) is 10.1 Å². The Morgan fingerprint density at radius 1 is 0.929 bits per heavy atom. The van der Waals surface area contributed by atoms with Crippen LogP contribution in [0.4, 0.5) is 5.69 Å². The van der Waals surface area contributed by atoms with Crippen LogP contribution >= 0.6 is 0 Å². The lowest BCUT2D eigenvalue weighted by atomic mass is 10.0. The molecule has 28 heavy (non-hydrogen) atoms. The fourth-order valence-electron chi connectivity index (χ4n) is 2.71. The molecule has 0 saturated carbocycles. The molecule has 3 rings (SSSR count). The third-order valence-corrected chi connectivity index (χ3v) is 4.27. The lowest BCUT2D eigenvalue weighted by Gasteiger charge is -2.05. The molecule has 0 unspecified atom stereocenters. The van der Waals surface area contributed by atoms with E-state index < -0.39 is 4.92 Å². The Morgan fingerprint density at radius 3 is 2.14 bits per heavy atom. The van der Waals surface area contributed by atoms with E-state index in [0.29, 0.717) is 11.3 Å². The van der Waals surface area contributed by atoms with Crippen molar-refractivity contribution in [1.82, 2.24) is 5.43 Å². The number of benzene rings is 3. The number of non-ortho nitro benzene ring substituents is 1. The third kappa shape index (κ3) is 4.88. The molecule has 6 nitrogen and oxygen atoms in total. The Kier molecular flexibility index (Phi) is 5.91. The van der Waals surface area contributed by atoms with Crippen LogP contribution in [0.25, 0.3) is 11.1 Å². The van der Waals surface area contributed by atoms with Crippen LogP contribution in [0.5, 0.6) is 0 Å². The van der Waals surface area contributed by atoms with E-state index in [2.05, 4.69) is 10.5 Å². The Morgan fingerprint density at radius 2 is 1.54 bits per heavy atom. The van der Waals surface area contributed by atoms with Crippen LogP contribution < -0.4 is 5.43 Å². The molecule has 0 heterocycles. The molecular weight excluding hydrogens is 354 g/mol. The van der Waals surface area contributed by atoms with E-state index in [-0.39, 0.29) is 18.0 Å². The first kappa shape index (κ1) is 19.0. The van der Waals surface area contributed by atoms with E-state index >= 15 is 0 Å². The van der Waals surface area contributed by atoms with E-state index in [1.165, 1.54) is 12.1 Å². The average Bonchev–Trinajstić information content (AvgIpc) is 2.73. The van der Waals surface area contributed by atoms with Crippen LogP contribution in [0.3, 0.4) is 0 Å². The Bertz CT molecular complexity index is 995. The number of hydrogen-bond donors (Lipinski definition) is 1. The van der Waals surface area contributed by atoms with Gasteiger partial charge in [0.1, 0.15) is 0 Å². The predicted molar refractivity (Wildman–Crippen MR) is 109 cm³/mol. The number of nitro groups is 1. The SMILES string of the molecule is CC(=NNC(=O)Cc1ccc([N+](=O)[O-])cc1)c1ccc(-c2ccccc2)cc1. The Hall–Kier alpha value is -3.80. The molecule has 0 saturated heterocycles. The zero-order valence-electron chi connectivity index (χ0n) is 15.3. The minimum absolute atomic E-state index is 0.00280. The molecular formula is C22H19N3O3. The molecule has 0 radical (unpaired) electrons. The maximum absolute atomic E-state index is 12.1. The number of hydrazone groups is 1. The third-order valence-electron chi connectivity index (χ3n) is 4.27. The highest BCUT2D eigenvalue weighted by Gasteiger charge is 2.07. The van der Waals surface area contributed by atoms with Crippen molar-refractivity contribution in [3.63, 3.8) is 0 Å². The lowest BCUT2D eigenvalue weighted by Crippen LogP contribution is -2.21. The number of amides is 1. The number of nitro benzene ring substituents is 1. The van der Waals surface area contributed by atoms with Gasteiger partial charge in [-0.1, -0.05) is 66.7 Å². The van der Waals surface area contributed by atoms with Crippen LogP contribution in [-0.2, 0) is 11.2 Å². The van der Waals surface area contributed by atoms with Gasteiger partial charge in [0.05, 0.1) is 17.1 Å². The summed E-state index contributed by atoms with van der Waals surface area (Å²) < 4.78 is 0. The molecule has 0 aromatic heterocycles. The minimum atomic E-state index is -0.472. The second-order valence-electron chi connectivity index (χ2n) is 6.28. The van der Waals surface area contributed by atoms with Crippen LogP contribution in [0.1, 0.15) is 18.1 Å². The van der Waals surface area contributed by atoms with E-state index in [9.17, 15) is 14.9 Å². The highest BCUT2D eigenvalue weighted by molar-refractivity contribution is 5.99. The first-order chi connectivity index (χ1) is 13.5. The summed E-state index contributed by atoms with van der Waals surface area (Å²) in [4.78, 5) is 22.2. The van der Waals surface area contributed by atoms with Gasteiger partial charge in [0.15, 0.2) is 0 Å².